The van der Waals surface area contributed by atoms with Gasteiger partial charge in [0, 0.05) is 37.5 Å². The van der Waals surface area contributed by atoms with E-state index in [1.807, 2.05) is 4.90 Å². The van der Waals surface area contributed by atoms with Crippen LogP contribution in [0.5, 0.6) is 0 Å². The highest BCUT2D eigenvalue weighted by Crippen LogP contribution is 2.40. The van der Waals surface area contributed by atoms with Crippen LogP contribution in [0.4, 0.5) is 0 Å². The van der Waals surface area contributed by atoms with Gasteiger partial charge in [0.2, 0.25) is 5.91 Å². The predicted octanol–water partition coefficient (Wildman–Crippen LogP) is 0.746. The second kappa shape index (κ2) is 4.58. The fourth-order valence-corrected chi connectivity index (χ4v) is 2.83. The molecule has 1 aliphatic heterocycles. The Morgan fingerprint density at radius 1 is 1.35 bits per heavy atom. The number of carbonyl (C=O) groups is 1. The van der Waals surface area contributed by atoms with E-state index >= 15 is 0 Å². The standard InChI is InChI=1S/C13H24N2O2/c1-9(16)15-6-4-10(5-7-15)14-11-8-12(17)13(11,2)3/h10-12,14,17H,4-8H2,1-3H3. The minimum Gasteiger partial charge on any atom is -0.392 e. The molecular formula is C13H24N2O2. The summed E-state index contributed by atoms with van der Waals surface area (Å²) in [7, 11) is 0. The highest BCUT2D eigenvalue weighted by molar-refractivity contribution is 5.73. The van der Waals surface area contributed by atoms with Crippen molar-refractivity contribution in [2.45, 2.75) is 58.2 Å². The summed E-state index contributed by atoms with van der Waals surface area (Å²) in [5.74, 6) is 0.183. The Labute approximate surface area is 103 Å². The van der Waals surface area contributed by atoms with Gasteiger partial charge in [0.25, 0.3) is 0 Å². The number of amides is 1. The van der Waals surface area contributed by atoms with Gasteiger partial charge in [-0.1, -0.05) is 13.8 Å². The first-order valence-corrected chi connectivity index (χ1v) is 6.61. The second-order valence-corrected chi connectivity index (χ2v) is 6.07. The monoisotopic (exact) mass is 240 g/mol. The lowest BCUT2D eigenvalue weighted by atomic mass is 9.64. The Hall–Kier alpha value is -0.610. The Kier molecular flexibility index (Phi) is 3.46. The molecule has 4 heteroatoms. The van der Waals surface area contributed by atoms with Gasteiger partial charge in [0.05, 0.1) is 6.10 Å². The highest BCUT2D eigenvalue weighted by atomic mass is 16.3. The minimum absolute atomic E-state index is 0.00227. The van der Waals surface area contributed by atoms with Crippen LogP contribution >= 0.6 is 0 Å². The Balaban J connectivity index is 1.78. The summed E-state index contributed by atoms with van der Waals surface area (Å²) in [4.78, 5) is 13.1. The Bertz CT molecular complexity index is 296. The topological polar surface area (TPSA) is 52.6 Å². The summed E-state index contributed by atoms with van der Waals surface area (Å²) in [6, 6.07) is 0.925. The molecule has 2 fully saturated rings. The lowest BCUT2D eigenvalue weighted by Crippen LogP contribution is -2.62. The van der Waals surface area contributed by atoms with Crippen LogP contribution in [0.1, 0.15) is 40.0 Å². The Morgan fingerprint density at radius 3 is 2.35 bits per heavy atom. The van der Waals surface area contributed by atoms with Gasteiger partial charge in [-0.05, 0) is 19.3 Å². The summed E-state index contributed by atoms with van der Waals surface area (Å²) in [6.45, 7) is 7.59. The van der Waals surface area contributed by atoms with Gasteiger partial charge in [-0.15, -0.1) is 0 Å². The third-order valence-electron chi connectivity index (χ3n) is 4.59. The van der Waals surface area contributed by atoms with E-state index in [1.54, 1.807) is 6.92 Å². The largest absolute Gasteiger partial charge is 0.392 e. The number of likely N-dealkylation sites (tertiary alicyclic amines) is 1. The maximum atomic E-state index is 11.2. The molecule has 2 aliphatic rings. The van der Waals surface area contributed by atoms with E-state index in [4.69, 9.17) is 0 Å². The zero-order valence-electron chi connectivity index (χ0n) is 11.1. The smallest absolute Gasteiger partial charge is 0.219 e. The molecule has 1 saturated carbocycles. The number of carbonyl (C=O) groups excluding carboxylic acids is 1. The number of nitrogens with zero attached hydrogens (tertiary/aromatic N) is 1. The Morgan fingerprint density at radius 2 is 1.94 bits per heavy atom. The highest BCUT2D eigenvalue weighted by Gasteiger charge is 2.47. The van der Waals surface area contributed by atoms with E-state index in [-0.39, 0.29) is 17.4 Å². The zero-order chi connectivity index (χ0) is 12.6. The van der Waals surface area contributed by atoms with E-state index < -0.39 is 0 Å². The van der Waals surface area contributed by atoms with Crippen molar-refractivity contribution in [3.8, 4) is 0 Å². The lowest BCUT2D eigenvalue weighted by Gasteiger charge is -2.51. The van der Waals surface area contributed by atoms with Crippen LogP contribution in [0.15, 0.2) is 0 Å². The van der Waals surface area contributed by atoms with E-state index in [0.717, 1.165) is 32.4 Å². The van der Waals surface area contributed by atoms with Crippen LogP contribution < -0.4 is 5.32 Å². The average molecular weight is 240 g/mol. The van der Waals surface area contributed by atoms with Crippen molar-refractivity contribution in [1.29, 1.82) is 0 Å². The molecular weight excluding hydrogens is 216 g/mol. The molecule has 0 aromatic carbocycles. The number of hydrogen-bond acceptors (Lipinski definition) is 3. The van der Waals surface area contributed by atoms with E-state index in [9.17, 15) is 9.90 Å². The molecule has 98 valence electrons. The first-order chi connectivity index (χ1) is 7.91. The molecule has 0 spiro atoms. The van der Waals surface area contributed by atoms with Gasteiger partial charge >= 0.3 is 0 Å². The fourth-order valence-electron chi connectivity index (χ4n) is 2.83. The molecule has 2 unspecified atom stereocenters. The number of piperidine rings is 1. The van der Waals surface area contributed by atoms with Gasteiger partial charge in [-0.2, -0.15) is 0 Å². The van der Waals surface area contributed by atoms with E-state index in [1.165, 1.54) is 0 Å². The van der Waals surface area contributed by atoms with Crippen molar-refractivity contribution >= 4 is 5.91 Å². The molecule has 1 aliphatic carbocycles. The van der Waals surface area contributed by atoms with Gasteiger partial charge in [-0.25, -0.2) is 0 Å². The van der Waals surface area contributed by atoms with Crippen LogP contribution in [0, 0.1) is 5.41 Å². The van der Waals surface area contributed by atoms with Gasteiger partial charge in [0.1, 0.15) is 0 Å². The second-order valence-electron chi connectivity index (χ2n) is 6.07. The first-order valence-electron chi connectivity index (χ1n) is 6.61. The lowest BCUT2D eigenvalue weighted by molar-refractivity contribution is -0.130. The quantitative estimate of drug-likeness (QED) is 0.749. The summed E-state index contributed by atoms with van der Waals surface area (Å²) >= 11 is 0. The fraction of sp³-hybridized carbons (Fsp3) is 0.923. The van der Waals surface area contributed by atoms with Crippen LogP contribution in [-0.2, 0) is 4.79 Å². The molecule has 0 aromatic heterocycles. The maximum absolute atomic E-state index is 11.2. The summed E-state index contributed by atoms with van der Waals surface area (Å²) in [6.07, 6.45) is 2.75. The number of nitrogens with one attached hydrogen (secondary N) is 1. The van der Waals surface area contributed by atoms with Crippen molar-refractivity contribution in [3.63, 3.8) is 0 Å². The summed E-state index contributed by atoms with van der Waals surface area (Å²) < 4.78 is 0. The molecule has 1 amide bonds. The molecule has 0 bridgehead atoms. The molecule has 17 heavy (non-hydrogen) atoms. The van der Waals surface area contributed by atoms with Crippen LogP contribution in [-0.4, -0.2) is 47.2 Å². The van der Waals surface area contributed by atoms with Crippen molar-refractivity contribution in [2.24, 2.45) is 5.41 Å². The van der Waals surface area contributed by atoms with Crippen LogP contribution in [0.25, 0.3) is 0 Å². The normalized spacial score (nSPS) is 33.3. The van der Waals surface area contributed by atoms with Gasteiger partial charge < -0.3 is 15.3 Å². The van der Waals surface area contributed by atoms with Crippen molar-refractivity contribution in [3.05, 3.63) is 0 Å². The summed E-state index contributed by atoms with van der Waals surface area (Å²) in [5, 5.41) is 13.3. The molecule has 2 atom stereocenters. The molecule has 4 nitrogen and oxygen atoms in total. The zero-order valence-corrected chi connectivity index (χ0v) is 11.1. The van der Waals surface area contributed by atoms with Gasteiger partial charge in [0.15, 0.2) is 0 Å². The summed E-state index contributed by atoms with van der Waals surface area (Å²) in [5.41, 5.74) is -0.00227. The van der Waals surface area contributed by atoms with Crippen LogP contribution in [0.3, 0.4) is 0 Å². The number of aliphatic hydroxyl groups is 1. The molecule has 2 rings (SSSR count). The van der Waals surface area contributed by atoms with E-state index in [2.05, 4.69) is 19.2 Å². The number of rotatable bonds is 2. The molecule has 1 saturated heterocycles. The molecule has 0 radical (unpaired) electrons. The number of aliphatic hydroxyl groups excluding tert-OH is 1. The average Bonchev–Trinajstić information content (AvgIpc) is 2.29. The minimum atomic E-state index is -0.169. The van der Waals surface area contributed by atoms with Crippen molar-refractivity contribution in [1.82, 2.24) is 10.2 Å². The third kappa shape index (κ3) is 2.47. The number of hydrogen-bond donors (Lipinski definition) is 2. The van der Waals surface area contributed by atoms with Crippen molar-refractivity contribution in [2.75, 3.05) is 13.1 Å². The SMILES string of the molecule is CC(=O)N1CCC(NC2CC(O)C2(C)C)CC1. The third-order valence-corrected chi connectivity index (χ3v) is 4.59. The molecule has 2 N–H and O–H groups in total. The van der Waals surface area contributed by atoms with Crippen LogP contribution in [0.2, 0.25) is 0 Å². The predicted molar refractivity (Wildman–Crippen MR) is 66.6 cm³/mol. The molecule has 0 aromatic rings. The van der Waals surface area contributed by atoms with E-state index in [0.29, 0.717) is 12.1 Å². The first kappa shape index (κ1) is 12.8. The molecule has 1 heterocycles. The van der Waals surface area contributed by atoms with Crippen molar-refractivity contribution < 1.29 is 9.90 Å². The maximum Gasteiger partial charge on any atom is 0.219 e. The van der Waals surface area contributed by atoms with Gasteiger partial charge in [-0.3, -0.25) is 4.79 Å².